The lowest BCUT2D eigenvalue weighted by molar-refractivity contribution is -0.137. The molecule has 1 aromatic heterocycles. The van der Waals surface area contributed by atoms with Gasteiger partial charge in [-0.15, -0.1) is 0 Å². The van der Waals surface area contributed by atoms with Crippen LogP contribution in [0.5, 0.6) is 11.5 Å². The van der Waals surface area contributed by atoms with E-state index in [-0.39, 0.29) is 12.5 Å². The topological polar surface area (TPSA) is 117 Å². The quantitative estimate of drug-likeness (QED) is 0.438. The number of aryl methyl sites for hydroxylation is 1. The molecule has 8 heteroatoms. The molecule has 1 fully saturated rings. The number of nitriles is 1. The van der Waals surface area contributed by atoms with Gasteiger partial charge in [-0.3, -0.25) is 4.79 Å². The van der Waals surface area contributed by atoms with Crippen LogP contribution in [-0.4, -0.2) is 45.2 Å². The molecule has 3 N–H and O–H groups in total. The molecule has 4 rings (SSSR count). The fourth-order valence-corrected chi connectivity index (χ4v) is 5.53. The van der Waals surface area contributed by atoms with E-state index in [4.69, 9.17) is 10.5 Å². The molecule has 2 heterocycles. The highest BCUT2D eigenvalue weighted by atomic mass is 16.5. The standard InChI is InChI=1S/C30H37N5O3/c1-4-30(13-5-6-14-35(28(30)37)15-8-16-36)24-9-7-10-25(17-24)38-26-18-23(12-11-22(26)19-31)29(2,32)27-20-33-21-34(27)3/h7,9-12,17-18,20-21,36H,4-6,8,13-16,32H2,1-3H3. The highest BCUT2D eigenvalue weighted by molar-refractivity contribution is 5.88. The van der Waals surface area contributed by atoms with Crippen molar-refractivity contribution in [2.75, 3.05) is 19.7 Å². The molecule has 0 radical (unpaired) electrons. The molecular weight excluding hydrogens is 478 g/mol. The van der Waals surface area contributed by atoms with Gasteiger partial charge in [0.2, 0.25) is 5.91 Å². The minimum absolute atomic E-state index is 0.0644. The summed E-state index contributed by atoms with van der Waals surface area (Å²) in [5, 5.41) is 19.1. The smallest absolute Gasteiger partial charge is 0.233 e. The maximum absolute atomic E-state index is 13.8. The molecule has 8 nitrogen and oxygen atoms in total. The van der Waals surface area contributed by atoms with E-state index < -0.39 is 11.0 Å². The van der Waals surface area contributed by atoms with E-state index in [1.807, 2.05) is 53.8 Å². The zero-order valence-corrected chi connectivity index (χ0v) is 22.5. The summed E-state index contributed by atoms with van der Waals surface area (Å²) in [7, 11) is 1.89. The number of carbonyl (C=O) groups is 1. The average molecular weight is 516 g/mol. The van der Waals surface area contributed by atoms with Crippen LogP contribution in [-0.2, 0) is 22.8 Å². The van der Waals surface area contributed by atoms with Gasteiger partial charge in [-0.25, -0.2) is 4.98 Å². The fourth-order valence-electron chi connectivity index (χ4n) is 5.53. The van der Waals surface area contributed by atoms with Crippen LogP contribution in [0.1, 0.15) is 68.3 Å². The third-order valence-electron chi connectivity index (χ3n) is 7.83. The van der Waals surface area contributed by atoms with Crippen LogP contribution in [0, 0.1) is 11.3 Å². The van der Waals surface area contributed by atoms with Crippen molar-refractivity contribution in [3.8, 4) is 17.6 Å². The van der Waals surface area contributed by atoms with E-state index in [2.05, 4.69) is 18.0 Å². The lowest BCUT2D eigenvalue weighted by Gasteiger charge is -2.35. The number of rotatable bonds is 9. The summed E-state index contributed by atoms with van der Waals surface area (Å²) in [5.74, 6) is 1.07. The van der Waals surface area contributed by atoms with Crippen LogP contribution >= 0.6 is 0 Å². The van der Waals surface area contributed by atoms with Crippen molar-refractivity contribution in [2.45, 2.75) is 56.9 Å². The maximum Gasteiger partial charge on any atom is 0.233 e. The third-order valence-corrected chi connectivity index (χ3v) is 7.83. The normalized spacial score (nSPS) is 19.5. The molecular formula is C30H37N5O3. The highest BCUT2D eigenvalue weighted by Crippen LogP contribution is 2.40. The van der Waals surface area contributed by atoms with E-state index >= 15 is 0 Å². The second kappa shape index (κ2) is 11.4. The first-order valence-corrected chi connectivity index (χ1v) is 13.3. The van der Waals surface area contributed by atoms with Crippen molar-refractivity contribution in [2.24, 2.45) is 12.8 Å². The Morgan fingerprint density at radius 3 is 2.76 bits per heavy atom. The number of aliphatic hydroxyl groups excluding tert-OH is 1. The minimum atomic E-state index is -0.851. The zero-order chi connectivity index (χ0) is 27.3. The maximum atomic E-state index is 13.8. The summed E-state index contributed by atoms with van der Waals surface area (Å²) in [5.41, 5.74) is 8.15. The van der Waals surface area contributed by atoms with Gasteiger partial charge in [-0.2, -0.15) is 5.26 Å². The van der Waals surface area contributed by atoms with Crippen LogP contribution in [0.25, 0.3) is 0 Å². The first-order valence-electron chi connectivity index (χ1n) is 13.3. The van der Waals surface area contributed by atoms with Crippen LogP contribution in [0.3, 0.4) is 0 Å². The van der Waals surface area contributed by atoms with E-state index in [0.717, 1.165) is 36.1 Å². The Hall–Kier alpha value is -3.67. The van der Waals surface area contributed by atoms with E-state index in [1.54, 1.807) is 24.7 Å². The van der Waals surface area contributed by atoms with Crippen LogP contribution < -0.4 is 10.5 Å². The number of ether oxygens (including phenoxy) is 1. The Kier molecular flexibility index (Phi) is 8.20. The first-order chi connectivity index (χ1) is 18.3. The average Bonchev–Trinajstić information content (AvgIpc) is 3.30. The van der Waals surface area contributed by atoms with Crippen molar-refractivity contribution in [1.29, 1.82) is 5.26 Å². The molecule has 1 aliphatic rings. The number of aliphatic hydroxyl groups is 1. The van der Waals surface area contributed by atoms with Gasteiger partial charge in [0.25, 0.3) is 0 Å². The highest BCUT2D eigenvalue weighted by Gasteiger charge is 2.42. The molecule has 2 unspecified atom stereocenters. The van der Waals surface area contributed by atoms with Crippen LogP contribution in [0.15, 0.2) is 55.0 Å². The number of hydrogen-bond acceptors (Lipinski definition) is 6. The number of likely N-dealkylation sites (tertiary alicyclic amines) is 1. The summed E-state index contributed by atoms with van der Waals surface area (Å²) in [6, 6.07) is 15.2. The van der Waals surface area contributed by atoms with Gasteiger partial charge in [-0.05, 0) is 68.0 Å². The molecule has 3 aromatic rings. The van der Waals surface area contributed by atoms with E-state index in [1.165, 1.54) is 0 Å². The Morgan fingerprint density at radius 2 is 2.08 bits per heavy atom. The molecule has 1 amide bonds. The van der Waals surface area contributed by atoms with Gasteiger partial charge in [0.15, 0.2) is 0 Å². The Labute approximate surface area is 224 Å². The number of nitrogens with zero attached hydrogens (tertiary/aromatic N) is 4. The Balaban J connectivity index is 1.69. The van der Waals surface area contributed by atoms with Crippen molar-refractivity contribution in [3.05, 3.63) is 77.4 Å². The number of hydrogen-bond donors (Lipinski definition) is 2. The van der Waals surface area contributed by atoms with Crippen molar-refractivity contribution in [1.82, 2.24) is 14.5 Å². The molecule has 0 aliphatic carbocycles. The van der Waals surface area contributed by atoms with Crippen LogP contribution in [0.2, 0.25) is 0 Å². The zero-order valence-electron chi connectivity index (χ0n) is 22.5. The Morgan fingerprint density at radius 1 is 1.26 bits per heavy atom. The van der Waals surface area contributed by atoms with Crippen molar-refractivity contribution in [3.63, 3.8) is 0 Å². The Bertz CT molecular complexity index is 1330. The molecule has 0 bridgehead atoms. The second-order valence-corrected chi connectivity index (χ2v) is 10.3. The van der Waals surface area contributed by atoms with E-state index in [0.29, 0.717) is 43.0 Å². The third kappa shape index (κ3) is 5.17. The fraction of sp³-hybridized carbons (Fsp3) is 0.433. The molecule has 0 spiro atoms. The lowest BCUT2D eigenvalue weighted by atomic mass is 9.73. The summed E-state index contributed by atoms with van der Waals surface area (Å²) < 4.78 is 8.18. The van der Waals surface area contributed by atoms with Gasteiger partial charge in [-0.1, -0.05) is 31.5 Å². The lowest BCUT2D eigenvalue weighted by Crippen LogP contribution is -2.45. The minimum Gasteiger partial charge on any atom is -0.456 e. The molecule has 2 aromatic carbocycles. The number of carbonyl (C=O) groups excluding carboxylic acids is 1. The van der Waals surface area contributed by atoms with Crippen LogP contribution in [0.4, 0.5) is 0 Å². The molecule has 1 aliphatic heterocycles. The predicted octanol–water partition coefficient (Wildman–Crippen LogP) is 4.35. The summed E-state index contributed by atoms with van der Waals surface area (Å²) in [6.45, 7) is 5.29. The predicted molar refractivity (Wildman–Crippen MR) is 146 cm³/mol. The summed E-state index contributed by atoms with van der Waals surface area (Å²) >= 11 is 0. The molecule has 0 saturated carbocycles. The number of aromatic nitrogens is 2. The SMILES string of the molecule is CCC1(c2cccc(Oc3cc(C(C)(N)c4cncn4C)ccc3C#N)c2)CCCCN(CCCO)C1=O. The second-order valence-electron chi connectivity index (χ2n) is 10.3. The number of amides is 1. The van der Waals surface area contributed by atoms with Gasteiger partial charge in [0, 0.05) is 26.7 Å². The van der Waals surface area contributed by atoms with Crippen molar-refractivity contribution < 1.29 is 14.6 Å². The van der Waals surface area contributed by atoms with E-state index in [9.17, 15) is 15.2 Å². The molecule has 1 saturated heterocycles. The van der Waals surface area contributed by atoms with Gasteiger partial charge in [0.05, 0.1) is 34.7 Å². The molecule has 200 valence electrons. The summed E-state index contributed by atoms with van der Waals surface area (Å²) in [6.07, 6.45) is 7.33. The summed E-state index contributed by atoms with van der Waals surface area (Å²) in [4.78, 5) is 19.9. The number of imidazole rings is 1. The number of nitrogens with two attached hydrogens (primary N) is 1. The molecule has 38 heavy (non-hydrogen) atoms. The van der Waals surface area contributed by atoms with Gasteiger partial charge in [0.1, 0.15) is 17.6 Å². The van der Waals surface area contributed by atoms with Gasteiger partial charge >= 0.3 is 0 Å². The largest absolute Gasteiger partial charge is 0.456 e. The van der Waals surface area contributed by atoms with Crippen molar-refractivity contribution >= 4 is 5.91 Å². The first kappa shape index (κ1) is 27.4. The monoisotopic (exact) mass is 515 g/mol. The molecule has 2 atom stereocenters. The number of benzene rings is 2. The van der Waals surface area contributed by atoms with Gasteiger partial charge < -0.3 is 25.0 Å².